The Balaban J connectivity index is 2.25. The molecule has 23 heavy (non-hydrogen) atoms. The number of unbranched alkanes of at least 4 members (excludes halogenated alkanes) is 3. The normalized spacial score (nSPS) is 11.4. The highest BCUT2D eigenvalue weighted by Crippen LogP contribution is 2.18. The van der Waals surface area contributed by atoms with Crippen molar-refractivity contribution in [3.05, 3.63) is 24.3 Å². The number of anilines is 2. The number of nitrogen functional groups attached to an aromatic ring is 1. The Morgan fingerprint density at radius 1 is 0.913 bits per heavy atom. The lowest BCUT2D eigenvalue weighted by molar-refractivity contribution is 0.522. The molecule has 0 heterocycles. The Kier molecular flexibility index (Phi) is 9.77. The maximum atomic E-state index is 5.80. The fraction of sp³-hybridized carbons (Fsp3) is 0.700. The number of benzene rings is 1. The van der Waals surface area contributed by atoms with Gasteiger partial charge in [0.1, 0.15) is 0 Å². The predicted molar refractivity (Wildman–Crippen MR) is 104 cm³/mol. The van der Waals surface area contributed by atoms with Crippen LogP contribution in [-0.2, 0) is 0 Å². The Labute approximate surface area is 143 Å². The molecule has 0 saturated carbocycles. The molecule has 0 unspecified atom stereocenters. The van der Waals surface area contributed by atoms with E-state index >= 15 is 0 Å². The zero-order valence-corrected chi connectivity index (χ0v) is 15.6. The SMILES string of the molecule is CC(C)CNCCCCCCN(CC(C)C)c1ccc(N)cc1. The number of nitrogens with two attached hydrogens (primary N) is 1. The van der Waals surface area contributed by atoms with Crippen LogP contribution in [0.5, 0.6) is 0 Å². The van der Waals surface area contributed by atoms with Gasteiger partial charge in [0.25, 0.3) is 0 Å². The van der Waals surface area contributed by atoms with Crippen LogP contribution in [0.15, 0.2) is 24.3 Å². The highest BCUT2D eigenvalue weighted by atomic mass is 15.1. The third kappa shape index (κ3) is 9.50. The van der Waals surface area contributed by atoms with E-state index in [1.165, 1.54) is 31.4 Å². The first-order valence-electron chi connectivity index (χ1n) is 9.30. The van der Waals surface area contributed by atoms with Crippen LogP contribution in [0.4, 0.5) is 11.4 Å². The third-order valence-corrected chi connectivity index (χ3v) is 3.93. The zero-order chi connectivity index (χ0) is 17.1. The molecular formula is C20H37N3. The molecule has 0 aliphatic carbocycles. The maximum absolute atomic E-state index is 5.80. The summed E-state index contributed by atoms with van der Waals surface area (Å²) in [6.07, 6.45) is 5.19. The average molecular weight is 320 g/mol. The molecule has 132 valence electrons. The third-order valence-electron chi connectivity index (χ3n) is 3.93. The first kappa shape index (κ1) is 19.8. The van der Waals surface area contributed by atoms with E-state index in [2.05, 4.69) is 50.0 Å². The molecule has 1 rings (SSSR count). The first-order valence-corrected chi connectivity index (χ1v) is 9.30. The van der Waals surface area contributed by atoms with Crippen molar-refractivity contribution in [1.29, 1.82) is 0 Å². The summed E-state index contributed by atoms with van der Waals surface area (Å²) in [6.45, 7) is 13.6. The molecule has 0 spiro atoms. The van der Waals surface area contributed by atoms with Crippen molar-refractivity contribution >= 4 is 11.4 Å². The fourth-order valence-corrected chi connectivity index (χ4v) is 2.75. The molecule has 0 fully saturated rings. The molecule has 0 saturated heterocycles. The van der Waals surface area contributed by atoms with Crippen molar-refractivity contribution in [3.8, 4) is 0 Å². The van der Waals surface area contributed by atoms with Crippen molar-refractivity contribution in [2.75, 3.05) is 36.8 Å². The summed E-state index contributed by atoms with van der Waals surface area (Å²) >= 11 is 0. The topological polar surface area (TPSA) is 41.3 Å². The Hall–Kier alpha value is -1.22. The van der Waals surface area contributed by atoms with Gasteiger partial charge in [-0.2, -0.15) is 0 Å². The molecule has 0 radical (unpaired) electrons. The Morgan fingerprint density at radius 3 is 2.17 bits per heavy atom. The highest BCUT2D eigenvalue weighted by molar-refractivity contribution is 5.53. The smallest absolute Gasteiger partial charge is 0.0367 e. The van der Waals surface area contributed by atoms with Crippen LogP contribution in [0.25, 0.3) is 0 Å². The minimum absolute atomic E-state index is 0.674. The van der Waals surface area contributed by atoms with Gasteiger partial charge in [-0.3, -0.25) is 0 Å². The molecule has 0 atom stereocenters. The van der Waals surface area contributed by atoms with Crippen LogP contribution < -0.4 is 16.0 Å². The van der Waals surface area contributed by atoms with Gasteiger partial charge < -0.3 is 16.0 Å². The van der Waals surface area contributed by atoms with Crippen molar-refractivity contribution in [2.45, 2.75) is 53.4 Å². The van der Waals surface area contributed by atoms with Crippen molar-refractivity contribution in [2.24, 2.45) is 11.8 Å². The molecule has 0 aliphatic rings. The van der Waals surface area contributed by atoms with Crippen molar-refractivity contribution in [3.63, 3.8) is 0 Å². The lowest BCUT2D eigenvalue weighted by atomic mass is 10.1. The van der Waals surface area contributed by atoms with Crippen LogP contribution in [0.2, 0.25) is 0 Å². The summed E-state index contributed by atoms with van der Waals surface area (Å²) in [5.41, 5.74) is 7.94. The van der Waals surface area contributed by atoms with E-state index in [1.54, 1.807) is 0 Å². The number of rotatable bonds is 12. The summed E-state index contributed by atoms with van der Waals surface area (Å²) < 4.78 is 0. The predicted octanol–water partition coefficient (Wildman–Crippen LogP) is 4.54. The monoisotopic (exact) mass is 319 g/mol. The van der Waals surface area contributed by atoms with Gasteiger partial charge in [-0.05, 0) is 62.0 Å². The van der Waals surface area contributed by atoms with E-state index in [4.69, 9.17) is 5.73 Å². The van der Waals surface area contributed by atoms with Crippen molar-refractivity contribution in [1.82, 2.24) is 5.32 Å². The minimum Gasteiger partial charge on any atom is -0.399 e. The molecule has 3 nitrogen and oxygen atoms in total. The summed E-state index contributed by atoms with van der Waals surface area (Å²) in [5, 5.41) is 3.52. The second-order valence-corrected chi connectivity index (χ2v) is 7.44. The van der Waals surface area contributed by atoms with Gasteiger partial charge in [0.15, 0.2) is 0 Å². The van der Waals surface area contributed by atoms with Gasteiger partial charge >= 0.3 is 0 Å². The second kappa shape index (κ2) is 11.3. The lowest BCUT2D eigenvalue weighted by Crippen LogP contribution is -2.28. The zero-order valence-electron chi connectivity index (χ0n) is 15.6. The standard InChI is InChI=1S/C20H37N3/c1-17(2)15-22-13-7-5-6-8-14-23(16-18(3)4)20-11-9-19(21)10-12-20/h9-12,17-18,22H,5-8,13-16,21H2,1-4H3. The average Bonchev–Trinajstić information content (AvgIpc) is 2.49. The van der Waals surface area contributed by atoms with Crippen LogP contribution in [0.1, 0.15) is 53.4 Å². The van der Waals surface area contributed by atoms with Crippen LogP contribution >= 0.6 is 0 Å². The van der Waals surface area contributed by atoms with E-state index in [0.717, 1.165) is 37.8 Å². The summed E-state index contributed by atoms with van der Waals surface area (Å²) in [5.74, 6) is 1.42. The molecule has 0 aromatic heterocycles. The molecule has 1 aromatic carbocycles. The minimum atomic E-state index is 0.674. The first-order chi connectivity index (χ1) is 11.0. The largest absolute Gasteiger partial charge is 0.399 e. The second-order valence-electron chi connectivity index (χ2n) is 7.44. The van der Waals surface area contributed by atoms with Gasteiger partial charge in [0.2, 0.25) is 0 Å². The number of hydrogen-bond acceptors (Lipinski definition) is 3. The van der Waals surface area contributed by atoms with E-state index in [1.807, 2.05) is 12.1 Å². The lowest BCUT2D eigenvalue weighted by Gasteiger charge is -2.27. The summed E-state index contributed by atoms with van der Waals surface area (Å²) in [4.78, 5) is 2.50. The quantitative estimate of drug-likeness (QED) is 0.439. The Bertz CT molecular complexity index is 398. The van der Waals surface area contributed by atoms with Gasteiger partial charge in [-0.25, -0.2) is 0 Å². The van der Waals surface area contributed by atoms with Gasteiger partial charge in [0, 0.05) is 24.5 Å². The molecule has 3 heteroatoms. The van der Waals surface area contributed by atoms with Gasteiger partial charge in [0.05, 0.1) is 0 Å². The van der Waals surface area contributed by atoms with Gasteiger partial charge in [-0.15, -0.1) is 0 Å². The molecular weight excluding hydrogens is 282 g/mol. The van der Waals surface area contributed by atoms with Crippen molar-refractivity contribution < 1.29 is 0 Å². The number of hydrogen-bond donors (Lipinski definition) is 2. The molecule has 0 amide bonds. The van der Waals surface area contributed by atoms with Crippen LogP contribution in [0.3, 0.4) is 0 Å². The van der Waals surface area contributed by atoms with E-state index in [9.17, 15) is 0 Å². The number of nitrogens with one attached hydrogen (secondary N) is 1. The molecule has 3 N–H and O–H groups in total. The summed E-state index contributed by atoms with van der Waals surface area (Å²) in [6, 6.07) is 8.30. The molecule has 1 aromatic rings. The van der Waals surface area contributed by atoms with Crippen LogP contribution in [0, 0.1) is 11.8 Å². The maximum Gasteiger partial charge on any atom is 0.0367 e. The van der Waals surface area contributed by atoms with E-state index < -0.39 is 0 Å². The van der Waals surface area contributed by atoms with E-state index in [-0.39, 0.29) is 0 Å². The van der Waals surface area contributed by atoms with Gasteiger partial charge in [-0.1, -0.05) is 40.5 Å². The summed E-state index contributed by atoms with van der Waals surface area (Å²) in [7, 11) is 0. The Morgan fingerprint density at radius 2 is 1.57 bits per heavy atom. The highest BCUT2D eigenvalue weighted by Gasteiger charge is 2.08. The number of nitrogens with zero attached hydrogens (tertiary/aromatic N) is 1. The molecule has 0 aliphatic heterocycles. The van der Waals surface area contributed by atoms with E-state index in [0.29, 0.717) is 5.92 Å². The van der Waals surface area contributed by atoms with Crippen LogP contribution in [-0.4, -0.2) is 26.2 Å². The molecule has 0 bridgehead atoms. The fourth-order valence-electron chi connectivity index (χ4n) is 2.75.